The van der Waals surface area contributed by atoms with E-state index in [0.717, 1.165) is 6.42 Å². The molecule has 37 heavy (non-hydrogen) atoms. The van der Waals surface area contributed by atoms with E-state index in [2.05, 4.69) is 4.98 Å². The molecule has 0 saturated carbocycles. The van der Waals surface area contributed by atoms with Crippen molar-refractivity contribution in [3.05, 3.63) is 39.0 Å². The minimum Gasteiger partial charge on any atom is -0.497 e. The average Bonchev–Trinajstić information content (AvgIpc) is 3.25. The van der Waals surface area contributed by atoms with Crippen LogP contribution < -0.4 is 36.3 Å². The lowest BCUT2D eigenvalue weighted by Gasteiger charge is -2.27. The van der Waals surface area contributed by atoms with Gasteiger partial charge in [-0.15, -0.1) is 0 Å². The molecular formula is C26H37N5O6. The maximum Gasteiger partial charge on any atom is 0.330 e. The molecular weight excluding hydrogens is 478 g/mol. The highest BCUT2D eigenvalue weighted by molar-refractivity contribution is 6.05. The number of hydrogen-bond acceptors (Lipinski definition) is 7. The normalized spacial score (nSPS) is 15.4. The van der Waals surface area contributed by atoms with Crippen molar-refractivity contribution in [3.8, 4) is 11.5 Å². The van der Waals surface area contributed by atoms with Crippen molar-refractivity contribution in [1.29, 1.82) is 0 Å². The zero-order valence-corrected chi connectivity index (χ0v) is 22.2. The largest absolute Gasteiger partial charge is 0.497 e. The van der Waals surface area contributed by atoms with Gasteiger partial charge in [-0.05, 0) is 30.9 Å². The number of H-pyrrole nitrogens is 1. The Morgan fingerprint density at radius 2 is 1.95 bits per heavy atom. The zero-order chi connectivity index (χ0) is 27.3. The lowest BCUT2D eigenvalue weighted by Crippen LogP contribution is -2.44. The third kappa shape index (κ3) is 5.98. The number of nitrogens with zero attached hydrogens (tertiary/aromatic N) is 3. The van der Waals surface area contributed by atoms with Gasteiger partial charge in [0.2, 0.25) is 11.8 Å². The molecule has 1 aromatic heterocycles. The number of carbonyl (C=O) groups excluding carboxylic acids is 2. The fourth-order valence-electron chi connectivity index (χ4n) is 4.43. The number of methoxy groups -OCH3 is 2. The van der Waals surface area contributed by atoms with E-state index in [-0.39, 0.29) is 48.7 Å². The number of benzene rings is 1. The molecule has 0 unspecified atom stereocenters. The number of nitrogen functional groups attached to an aromatic ring is 1. The molecule has 1 saturated heterocycles. The average molecular weight is 516 g/mol. The second-order valence-corrected chi connectivity index (χ2v) is 9.61. The Kier molecular flexibility index (Phi) is 9.01. The highest BCUT2D eigenvalue weighted by Crippen LogP contribution is 2.36. The number of unbranched alkanes of at least 4 members (excludes halogenated alkanes) is 1. The van der Waals surface area contributed by atoms with Crippen molar-refractivity contribution >= 4 is 29.0 Å². The van der Waals surface area contributed by atoms with E-state index in [1.54, 1.807) is 18.2 Å². The summed E-state index contributed by atoms with van der Waals surface area (Å²) in [5.41, 5.74) is 5.48. The minimum absolute atomic E-state index is 0.0283. The SMILES string of the molecule is CCCCn1c(N)c(N(CCC(C)C)C(=O)[C@H]2CC(=O)N(c3ccc(OC)cc3OC)C2)c(=O)[nH]c1=O. The van der Waals surface area contributed by atoms with E-state index < -0.39 is 17.2 Å². The summed E-state index contributed by atoms with van der Waals surface area (Å²) in [4.78, 5) is 57.4. The number of aromatic nitrogens is 2. The standard InChI is InChI=1S/C26H37N5O6/c1-6-7-11-30-23(27)22(24(33)28-26(30)35)29(12-10-16(2)3)25(34)17-13-21(32)31(15-17)19-9-8-18(36-4)14-20(19)37-5/h8-9,14,16-17H,6-7,10-13,15,27H2,1-5H3,(H,28,33,35)/t17-/m0/s1. The third-order valence-corrected chi connectivity index (χ3v) is 6.57. The van der Waals surface area contributed by atoms with Crippen LogP contribution in [-0.4, -0.2) is 48.7 Å². The number of carbonyl (C=O) groups is 2. The van der Waals surface area contributed by atoms with Crippen molar-refractivity contribution < 1.29 is 19.1 Å². The van der Waals surface area contributed by atoms with Crippen molar-refractivity contribution in [2.24, 2.45) is 11.8 Å². The molecule has 3 N–H and O–H groups in total. The third-order valence-electron chi connectivity index (χ3n) is 6.57. The molecule has 2 heterocycles. The number of anilines is 3. The molecule has 2 aromatic rings. The fourth-order valence-corrected chi connectivity index (χ4v) is 4.43. The predicted molar refractivity (Wildman–Crippen MR) is 142 cm³/mol. The maximum atomic E-state index is 13.9. The van der Waals surface area contributed by atoms with Gasteiger partial charge in [0.1, 0.15) is 17.3 Å². The van der Waals surface area contributed by atoms with E-state index in [9.17, 15) is 19.2 Å². The zero-order valence-electron chi connectivity index (χ0n) is 22.2. The lowest BCUT2D eigenvalue weighted by atomic mass is 10.0. The molecule has 0 spiro atoms. The van der Waals surface area contributed by atoms with Gasteiger partial charge in [-0.25, -0.2) is 4.79 Å². The number of hydrogen-bond donors (Lipinski definition) is 2. The van der Waals surface area contributed by atoms with Crippen molar-refractivity contribution in [1.82, 2.24) is 9.55 Å². The molecule has 1 aromatic carbocycles. The van der Waals surface area contributed by atoms with E-state index in [0.29, 0.717) is 36.6 Å². The van der Waals surface area contributed by atoms with Gasteiger partial charge in [-0.2, -0.15) is 0 Å². The van der Waals surface area contributed by atoms with Crippen LogP contribution in [0, 0.1) is 11.8 Å². The van der Waals surface area contributed by atoms with E-state index in [4.69, 9.17) is 15.2 Å². The fraction of sp³-hybridized carbons (Fsp3) is 0.538. The Bertz CT molecular complexity index is 1250. The number of rotatable bonds is 11. The summed E-state index contributed by atoms with van der Waals surface area (Å²) in [6.07, 6.45) is 2.09. The van der Waals surface area contributed by atoms with Gasteiger partial charge in [-0.1, -0.05) is 27.2 Å². The van der Waals surface area contributed by atoms with Crippen LogP contribution in [0.5, 0.6) is 11.5 Å². The van der Waals surface area contributed by atoms with E-state index in [1.165, 1.54) is 28.6 Å². The van der Waals surface area contributed by atoms with Crippen molar-refractivity contribution in [3.63, 3.8) is 0 Å². The predicted octanol–water partition coefficient (Wildman–Crippen LogP) is 2.37. The maximum absolute atomic E-state index is 13.9. The molecule has 1 fully saturated rings. The molecule has 1 atom stereocenters. The minimum atomic E-state index is -0.717. The topological polar surface area (TPSA) is 140 Å². The molecule has 1 aliphatic heterocycles. The summed E-state index contributed by atoms with van der Waals surface area (Å²) in [5, 5.41) is 0. The number of aromatic amines is 1. The summed E-state index contributed by atoms with van der Waals surface area (Å²) >= 11 is 0. The van der Waals surface area contributed by atoms with Crippen LogP contribution in [0.2, 0.25) is 0 Å². The number of nitrogens with one attached hydrogen (secondary N) is 1. The first-order valence-electron chi connectivity index (χ1n) is 12.6. The number of ether oxygens (including phenoxy) is 2. The lowest BCUT2D eigenvalue weighted by molar-refractivity contribution is -0.124. The quantitative estimate of drug-likeness (QED) is 0.468. The van der Waals surface area contributed by atoms with Crippen LogP contribution in [0.15, 0.2) is 27.8 Å². The van der Waals surface area contributed by atoms with Gasteiger partial charge in [0.25, 0.3) is 5.56 Å². The van der Waals surface area contributed by atoms with Crippen LogP contribution in [0.25, 0.3) is 0 Å². The van der Waals surface area contributed by atoms with Crippen molar-refractivity contribution in [2.45, 2.75) is 53.0 Å². The molecule has 0 radical (unpaired) electrons. The second-order valence-electron chi connectivity index (χ2n) is 9.61. The van der Waals surface area contributed by atoms with Crippen LogP contribution >= 0.6 is 0 Å². The Morgan fingerprint density at radius 1 is 1.22 bits per heavy atom. The number of amides is 2. The summed E-state index contributed by atoms with van der Waals surface area (Å²) in [6, 6.07) is 5.10. The molecule has 1 aliphatic rings. The Hall–Kier alpha value is -3.76. The van der Waals surface area contributed by atoms with Crippen molar-refractivity contribution in [2.75, 3.05) is 42.8 Å². The summed E-state index contributed by atoms with van der Waals surface area (Å²) in [5.74, 6) is -0.110. The monoisotopic (exact) mass is 515 g/mol. The Balaban J connectivity index is 1.98. The molecule has 3 rings (SSSR count). The van der Waals surface area contributed by atoms with Gasteiger partial charge in [0.15, 0.2) is 5.69 Å². The van der Waals surface area contributed by atoms with Gasteiger partial charge >= 0.3 is 5.69 Å². The highest BCUT2D eigenvalue weighted by atomic mass is 16.5. The van der Waals surface area contributed by atoms with Crippen LogP contribution in [0.3, 0.4) is 0 Å². The number of nitrogens with two attached hydrogens (primary N) is 1. The molecule has 11 nitrogen and oxygen atoms in total. The molecule has 0 bridgehead atoms. The summed E-state index contributed by atoms with van der Waals surface area (Å²) in [7, 11) is 3.03. The molecule has 11 heteroatoms. The van der Waals surface area contributed by atoms with Gasteiger partial charge < -0.3 is 25.0 Å². The van der Waals surface area contributed by atoms with Gasteiger partial charge in [0, 0.05) is 32.1 Å². The first-order valence-corrected chi connectivity index (χ1v) is 12.6. The summed E-state index contributed by atoms with van der Waals surface area (Å²) in [6.45, 7) is 6.67. The van der Waals surface area contributed by atoms with Crippen LogP contribution in [-0.2, 0) is 16.1 Å². The first-order chi connectivity index (χ1) is 17.6. The second kappa shape index (κ2) is 12.0. The van der Waals surface area contributed by atoms with Crippen LogP contribution in [0.4, 0.5) is 17.2 Å². The van der Waals surface area contributed by atoms with Crippen LogP contribution in [0.1, 0.15) is 46.5 Å². The van der Waals surface area contributed by atoms with Gasteiger partial charge in [0.05, 0.1) is 25.8 Å². The van der Waals surface area contributed by atoms with E-state index in [1.807, 2.05) is 20.8 Å². The molecule has 2 amide bonds. The first kappa shape index (κ1) is 27.8. The smallest absolute Gasteiger partial charge is 0.330 e. The van der Waals surface area contributed by atoms with E-state index >= 15 is 0 Å². The van der Waals surface area contributed by atoms with Gasteiger partial charge in [-0.3, -0.25) is 23.9 Å². The molecule has 0 aliphatic carbocycles. The summed E-state index contributed by atoms with van der Waals surface area (Å²) < 4.78 is 12.0. The molecule has 202 valence electrons. The Morgan fingerprint density at radius 3 is 2.57 bits per heavy atom. The Labute approximate surface area is 216 Å². The highest BCUT2D eigenvalue weighted by Gasteiger charge is 2.39.